The number of benzene rings is 1. The predicted molar refractivity (Wildman–Crippen MR) is 119 cm³/mol. The fourth-order valence-corrected chi connectivity index (χ4v) is 5.56. The third kappa shape index (κ3) is 4.52. The zero-order valence-electron chi connectivity index (χ0n) is 17.6. The number of hydrogen-bond acceptors (Lipinski definition) is 7. The number of sulfonamides is 1. The lowest BCUT2D eigenvalue weighted by atomic mass is 9.97. The maximum absolute atomic E-state index is 13.3. The molecule has 168 valence electrons. The normalized spacial score (nSPS) is 15.6. The van der Waals surface area contributed by atoms with Crippen molar-refractivity contribution in [3.63, 3.8) is 0 Å². The van der Waals surface area contributed by atoms with E-state index in [9.17, 15) is 13.2 Å². The van der Waals surface area contributed by atoms with Crippen LogP contribution in [0, 0.1) is 19.8 Å². The lowest BCUT2D eigenvalue weighted by Crippen LogP contribution is -2.41. The standard InChI is InChI=1S/C21H22ClN5O4S/c1-13-4-3-9-23-19(13)25-21(28)15-7-10-27(11-8-15)32(29,30)18-12-16(5-6-17(18)22)20-24-14(2)31-26-20/h3-6,9,12,15H,7-8,10-11H2,1-2H3,(H,23,25,28). The summed E-state index contributed by atoms with van der Waals surface area (Å²) in [7, 11) is -3.86. The van der Waals surface area contributed by atoms with Crippen molar-refractivity contribution < 1.29 is 17.7 Å². The van der Waals surface area contributed by atoms with Crippen LogP contribution in [0.2, 0.25) is 5.02 Å². The van der Waals surface area contributed by atoms with E-state index < -0.39 is 10.0 Å². The first-order chi connectivity index (χ1) is 15.3. The summed E-state index contributed by atoms with van der Waals surface area (Å²) in [6.45, 7) is 3.94. The second kappa shape index (κ2) is 8.97. The number of pyridine rings is 1. The highest BCUT2D eigenvalue weighted by molar-refractivity contribution is 7.89. The number of carbonyl (C=O) groups is 1. The first-order valence-corrected chi connectivity index (χ1v) is 11.9. The maximum Gasteiger partial charge on any atom is 0.244 e. The molecule has 1 amide bonds. The summed E-state index contributed by atoms with van der Waals surface area (Å²) in [5.41, 5.74) is 1.36. The van der Waals surface area contributed by atoms with E-state index in [1.165, 1.54) is 16.4 Å². The van der Waals surface area contributed by atoms with Crippen LogP contribution in [-0.2, 0) is 14.8 Å². The highest BCUT2D eigenvalue weighted by Crippen LogP contribution is 2.31. The summed E-state index contributed by atoms with van der Waals surface area (Å²) < 4.78 is 32.9. The van der Waals surface area contributed by atoms with E-state index in [0.29, 0.717) is 30.1 Å². The molecule has 32 heavy (non-hydrogen) atoms. The average molecular weight is 476 g/mol. The zero-order chi connectivity index (χ0) is 22.9. The van der Waals surface area contributed by atoms with Crippen LogP contribution in [-0.4, -0.2) is 46.8 Å². The van der Waals surface area contributed by atoms with Gasteiger partial charge >= 0.3 is 0 Å². The molecule has 0 aliphatic carbocycles. The van der Waals surface area contributed by atoms with Gasteiger partial charge in [-0.05, 0) is 49.6 Å². The number of nitrogens with zero attached hydrogens (tertiary/aromatic N) is 4. The molecule has 1 N–H and O–H groups in total. The number of halogens is 1. The monoisotopic (exact) mass is 475 g/mol. The second-order valence-corrected chi connectivity index (χ2v) is 9.93. The van der Waals surface area contributed by atoms with Crippen molar-refractivity contribution in [3.05, 3.63) is 53.0 Å². The van der Waals surface area contributed by atoms with E-state index in [2.05, 4.69) is 20.4 Å². The van der Waals surface area contributed by atoms with Crippen molar-refractivity contribution in [2.45, 2.75) is 31.6 Å². The molecule has 0 radical (unpaired) electrons. The molecule has 3 heterocycles. The topological polar surface area (TPSA) is 118 Å². The van der Waals surface area contributed by atoms with Gasteiger partial charge in [0.2, 0.25) is 27.6 Å². The third-order valence-corrected chi connectivity index (χ3v) is 7.79. The smallest absolute Gasteiger partial charge is 0.244 e. The Labute approximate surface area is 190 Å². The highest BCUT2D eigenvalue weighted by Gasteiger charge is 2.33. The molecule has 1 aromatic carbocycles. The molecule has 0 atom stereocenters. The summed E-state index contributed by atoms with van der Waals surface area (Å²) in [5.74, 6) is 0.729. The average Bonchev–Trinajstić information content (AvgIpc) is 3.22. The number of rotatable bonds is 5. The zero-order valence-corrected chi connectivity index (χ0v) is 19.2. The summed E-state index contributed by atoms with van der Waals surface area (Å²) in [5, 5.41) is 6.78. The molecule has 4 rings (SSSR count). The Bertz CT molecular complexity index is 1250. The van der Waals surface area contributed by atoms with Crippen molar-refractivity contribution >= 4 is 33.3 Å². The fraction of sp³-hybridized carbons (Fsp3) is 0.333. The number of anilines is 1. The number of carbonyl (C=O) groups excluding carboxylic acids is 1. The molecular formula is C21H22ClN5O4S. The maximum atomic E-state index is 13.3. The summed E-state index contributed by atoms with van der Waals surface area (Å²) in [6.07, 6.45) is 2.42. The molecule has 3 aromatic rings. The summed E-state index contributed by atoms with van der Waals surface area (Å²) >= 11 is 6.24. The van der Waals surface area contributed by atoms with Crippen LogP contribution in [0.5, 0.6) is 0 Å². The molecule has 11 heteroatoms. The summed E-state index contributed by atoms with van der Waals surface area (Å²) in [4.78, 5) is 20.9. The van der Waals surface area contributed by atoms with Gasteiger partial charge in [-0.3, -0.25) is 4.79 Å². The number of aryl methyl sites for hydroxylation is 2. The van der Waals surface area contributed by atoms with E-state index in [4.69, 9.17) is 16.1 Å². The van der Waals surface area contributed by atoms with Crippen molar-refractivity contribution in [1.82, 2.24) is 19.4 Å². The van der Waals surface area contributed by atoms with E-state index >= 15 is 0 Å². The minimum absolute atomic E-state index is 0.0221. The predicted octanol–water partition coefficient (Wildman–Crippen LogP) is 3.44. The minimum atomic E-state index is -3.86. The van der Waals surface area contributed by atoms with Gasteiger partial charge in [0.15, 0.2) is 0 Å². The van der Waals surface area contributed by atoms with Crippen LogP contribution in [0.1, 0.15) is 24.3 Å². The van der Waals surface area contributed by atoms with Crippen LogP contribution in [0.4, 0.5) is 5.82 Å². The third-order valence-electron chi connectivity index (χ3n) is 5.41. The molecule has 0 saturated carbocycles. The van der Waals surface area contributed by atoms with Crippen LogP contribution in [0.25, 0.3) is 11.4 Å². The lowest BCUT2D eigenvalue weighted by Gasteiger charge is -2.30. The quantitative estimate of drug-likeness (QED) is 0.600. The van der Waals surface area contributed by atoms with Gasteiger partial charge < -0.3 is 9.84 Å². The van der Waals surface area contributed by atoms with Crippen molar-refractivity contribution in [2.24, 2.45) is 5.92 Å². The largest absolute Gasteiger partial charge is 0.339 e. The molecule has 9 nitrogen and oxygen atoms in total. The molecule has 1 saturated heterocycles. The molecule has 0 bridgehead atoms. The van der Waals surface area contributed by atoms with Gasteiger partial charge in [-0.15, -0.1) is 0 Å². The second-order valence-electron chi connectivity index (χ2n) is 7.62. The first-order valence-electron chi connectivity index (χ1n) is 10.1. The van der Waals surface area contributed by atoms with Gasteiger partial charge in [-0.1, -0.05) is 22.8 Å². The van der Waals surface area contributed by atoms with Crippen LogP contribution in [0.15, 0.2) is 45.9 Å². The van der Waals surface area contributed by atoms with Crippen molar-refractivity contribution in [3.8, 4) is 11.4 Å². The van der Waals surface area contributed by atoms with Gasteiger partial charge in [0.05, 0.1) is 5.02 Å². The van der Waals surface area contributed by atoms with Crippen LogP contribution in [0.3, 0.4) is 0 Å². The van der Waals surface area contributed by atoms with Gasteiger partial charge in [-0.25, -0.2) is 13.4 Å². The Morgan fingerprint density at radius 1 is 1.22 bits per heavy atom. The van der Waals surface area contributed by atoms with E-state index in [1.54, 1.807) is 25.3 Å². The Balaban J connectivity index is 1.47. The minimum Gasteiger partial charge on any atom is -0.339 e. The first kappa shape index (κ1) is 22.4. The molecule has 1 aliphatic rings. The number of nitrogens with one attached hydrogen (secondary N) is 1. The van der Waals surface area contributed by atoms with Gasteiger partial charge in [0, 0.05) is 37.7 Å². The Hall–Kier alpha value is -2.82. The Morgan fingerprint density at radius 2 is 1.97 bits per heavy atom. The van der Waals surface area contributed by atoms with E-state index in [0.717, 1.165) is 5.56 Å². The van der Waals surface area contributed by atoms with Gasteiger partial charge in [-0.2, -0.15) is 9.29 Å². The number of hydrogen-bond donors (Lipinski definition) is 1. The number of piperidine rings is 1. The van der Waals surface area contributed by atoms with E-state index in [-0.39, 0.29) is 40.7 Å². The summed E-state index contributed by atoms with van der Waals surface area (Å²) in [6, 6.07) is 8.26. The van der Waals surface area contributed by atoms with Gasteiger partial charge in [0.1, 0.15) is 10.7 Å². The molecule has 1 fully saturated rings. The SMILES string of the molecule is Cc1nc(-c2ccc(Cl)c(S(=O)(=O)N3CCC(C(=O)Nc4ncccc4C)CC3)c2)no1. The Morgan fingerprint density at radius 3 is 2.62 bits per heavy atom. The fourth-order valence-electron chi connectivity index (χ4n) is 3.59. The van der Waals surface area contributed by atoms with Crippen molar-refractivity contribution in [2.75, 3.05) is 18.4 Å². The van der Waals surface area contributed by atoms with Crippen LogP contribution >= 0.6 is 11.6 Å². The number of amides is 1. The molecule has 0 spiro atoms. The highest BCUT2D eigenvalue weighted by atomic mass is 35.5. The molecule has 2 aromatic heterocycles. The van der Waals surface area contributed by atoms with Gasteiger partial charge in [0.25, 0.3) is 0 Å². The molecule has 0 unspecified atom stereocenters. The lowest BCUT2D eigenvalue weighted by molar-refractivity contribution is -0.120. The molecular weight excluding hydrogens is 454 g/mol. The van der Waals surface area contributed by atoms with E-state index in [1.807, 2.05) is 13.0 Å². The Kier molecular flexibility index (Phi) is 6.27. The number of aromatic nitrogens is 3. The molecule has 1 aliphatic heterocycles. The van der Waals surface area contributed by atoms with Crippen LogP contribution < -0.4 is 5.32 Å². The van der Waals surface area contributed by atoms with Crippen molar-refractivity contribution in [1.29, 1.82) is 0 Å².